The maximum absolute atomic E-state index is 12.9. The number of hydrogen-bond acceptors (Lipinski definition) is 3. The fraction of sp³-hybridized carbons (Fsp3) is 0.250. The van der Waals surface area contributed by atoms with Crippen LogP contribution in [-0.4, -0.2) is 21.2 Å². The van der Waals surface area contributed by atoms with Crippen LogP contribution in [0.5, 0.6) is 0 Å². The van der Waals surface area contributed by atoms with E-state index in [9.17, 15) is 13.2 Å². The summed E-state index contributed by atoms with van der Waals surface area (Å²) >= 11 is 0. The molecule has 0 bridgehead atoms. The van der Waals surface area contributed by atoms with Gasteiger partial charge in [-0.1, -0.05) is 12.1 Å². The lowest BCUT2D eigenvalue weighted by molar-refractivity contribution is -0.137. The van der Waals surface area contributed by atoms with E-state index in [-0.39, 0.29) is 0 Å². The summed E-state index contributed by atoms with van der Waals surface area (Å²) < 4.78 is 45.6. The first kappa shape index (κ1) is 15.5. The van der Waals surface area contributed by atoms with Crippen LogP contribution in [0.4, 0.5) is 13.2 Å². The van der Waals surface area contributed by atoms with Gasteiger partial charge in [-0.2, -0.15) is 18.3 Å². The summed E-state index contributed by atoms with van der Waals surface area (Å²) in [6.07, 6.45) is -1.20. The molecule has 7 heteroatoms. The molecule has 3 rings (SSSR count). The minimum Gasteiger partial charge on any atom is -0.377 e. The Hall–Kier alpha value is -2.41. The van der Waals surface area contributed by atoms with E-state index in [2.05, 4.69) is 10.1 Å². The van der Waals surface area contributed by atoms with Crippen LogP contribution < -0.4 is 0 Å². The normalized spacial score (nSPS) is 12.0. The zero-order valence-electron chi connectivity index (χ0n) is 12.3. The summed E-state index contributed by atoms with van der Waals surface area (Å²) in [6, 6.07) is 6.80. The predicted molar refractivity (Wildman–Crippen MR) is 78.8 cm³/mol. The van der Waals surface area contributed by atoms with Gasteiger partial charge in [0.1, 0.15) is 0 Å². The van der Waals surface area contributed by atoms with E-state index in [0.717, 1.165) is 17.7 Å². The Bertz CT molecular complexity index is 827. The Morgan fingerprint density at radius 2 is 2.04 bits per heavy atom. The van der Waals surface area contributed by atoms with Crippen molar-refractivity contribution < 1.29 is 17.9 Å². The second-order valence-electron chi connectivity index (χ2n) is 4.95. The van der Waals surface area contributed by atoms with Gasteiger partial charge in [0, 0.05) is 23.9 Å². The molecule has 0 saturated carbocycles. The standard InChI is InChI=1S/C16H14F3N3O/c1-2-23-10-12-9-21-22-14(6-7-20-15(12)22)11-4-3-5-13(8-11)16(17,18)19/h3-9H,2,10H2,1H3. The zero-order valence-corrected chi connectivity index (χ0v) is 12.3. The molecule has 0 saturated heterocycles. The Morgan fingerprint density at radius 3 is 2.78 bits per heavy atom. The molecule has 0 atom stereocenters. The highest BCUT2D eigenvalue weighted by molar-refractivity contribution is 5.64. The van der Waals surface area contributed by atoms with Crippen molar-refractivity contribution in [1.29, 1.82) is 0 Å². The maximum Gasteiger partial charge on any atom is 0.416 e. The molecule has 120 valence electrons. The molecule has 0 aliphatic carbocycles. The van der Waals surface area contributed by atoms with Crippen LogP contribution in [0.15, 0.2) is 42.7 Å². The van der Waals surface area contributed by atoms with Gasteiger partial charge < -0.3 is 4.74 Å². The first-order chi connectivity index (χ1) is 11.0. The fourth-order valence-electron chi connectivity index (χ4n) is 2.33. The molecule has 2 aromatic heterocycles. The molecule has 0 aliphatic rings. The number of fused-ring (bicyclic) bond motifs is 1. The van der Waals surface area contributed by atoms with Gasteiger partial charge in [0.05, 0.1) is 24.1 Å². The minimum absolute atomic E-state index is 0.360. The lowest BCUT2D eigenvalue weighted by Gasteiger charge is -2.10. The first-order valence-electron chi connectivity index (χ1n) is 7.07. The zero-order chi connectivity index (χ0) is 16.4. The average molecular weight is 321 g/mol. The van der Waals surface area contributed by atoms with Crippen LogP contribution >= 0.6 is 0 Å². The Balaban J connectivity index is 2.09. The summed E-state index contributed by atoms with van der Waals surface area (Å²) in [7, 11) is 0. The van der Waals surface area contributed by atoms with E-state index in [0.29, 0.717) is 30.1 Å². The Morgan fingerprint density at radius 1 is 1.22 bits per heavy atom. The van der Waals surface area contributed by atoms with Gasteiger partial charge in [-0.3, -0.25) is 0 Å². The van der Waals surface area contributed by atoms with Crippen LogP contribution in [0.2, 0.25) is 0 Å². The van der Waals surface area contributed by atoms with Crippen LogP contribution in [-0.2, 0) is 17.5 Å². The molecule has 23 heavy (non-hydrogen) atoms. The summed E-state index contributed by atoms with van der Waals surface area (Å²) in [4.78, 5) is 4.25. The number of benzene rings is 1. The Labute approximate surface area is 130 Å². The highest BCUT2D eigenvalue weighted by atomic mass is 19.4. The van der Waals surface area contributed by atoms with E-state index in [4.69, 9.17) is 4.74 Å². The molecule has 4 nitrogen and oxygen atoms in total. The summed E-state index contributed by atoms with van der Waals surface area (Å²) in [5, 5.41) is 4.23. The van der Waals surface area contributed by atoms with Crippen molar-refractivity contribution in [2.75, 3.05) is 6.61 Å². The number of halogens is 3. The van der Waals surface area contributed by atoms with Gasteiger partial charge in [-0.05, 0) is 25.1 Å². The summed E-state index contributed by atoms with van der Waals surface area (Å²) in [6.45, 7) is 2.80. The van der Waals surface area contributed by atoms with E-state index < -0.39 is 11.7 Å². The van der Waals surface area contributed by atoms with Crippen LogP contribution in [0.25, 0.3) is 16.9 Å². The molecule has 0 unspecified atom stereocenters. The molecule has 0 aliphatic heterocycles. The second-order valence-corrected chi connectivity index (χ2v) is 4.95. The molecule has 3 aromatic rings. The van der Waals surface area contributed by atoms with Gasteiger partial charge in [0.15, 0.2) is 5.65 Å². The van der Waals surface area contributed by atoms with Crippen molar-refractivity contribution in [3.05, 3.63) is 53.9 Å². The first-order valence-corrected chi connectivity index (χ1v) is 7.07. The third kappa shape index (κ3) is 3.05. The van der Waals surface area contributed by atoms with Crippen LogP contribution in [0, 0.1) is 0 Å². The number of ether oxygens (including phenoxy) is 1. The number of hydrogen-bond donors (Lipinski definition) is 0. The summed E-state index contributed by atoms with van der Waals surface area (Å²) in [5.74, 6) is 0. The number of rotatable bonds is 4. The molecule has 1 aromatic carbocycles. The average Bonchev–Trinajstić information content (AvgIpc) is 2.95. The molecule has 0 fully saturated rings. The number of alkyl halides is 3. The van der Waals surface area contributed by atoms with Crippen molar-refractivity contribution >= 4 is 5.65 Å². The van der Waals surface area contributed by atoms with Crippen LogP contribution in [0.1, 0.15) is 18.1 Å². The van der Waals surface area contributed by atoms with Crippen molar-refractivity contribution in [3.63, 3.8) is 0 Å². The number of nitrogens with zero attached hydrogens (tertiary/aromatic N) is 3. The van der Waals surface area contributed by atoms with E-state index in [1.54, 1.807) is 24.5 Å². The molecule has 2 heterocycles. The van der Waals surface area contributed by atoms with Crippen molar-refractivity contribution in [2.24, 2.45) is 0 Å². The smallest absolute Gasteiger partial charge is 0.377 e. The third-order valence-corrected chi connectivity index (χ3v) is 3.42. The quantitative estimate of drug-likeness (QED) is 0.730. The third-order valence-electron chi connectivity index (χ3n) is 3.42. The number of aromatic nitrogens is 3. The van der Waals surface area contributed by atoms with Crippen molar-refractivity contribution in [3.8, 4) is 11.3 Å². The largest absolute Gasteiger partial charge is 0.416 e. The maximum atomic E-state index is 12.9. The fourth-order valence-corrected chi connectivity index (χ4v) is 2.33. The molecule has 0 amide bonds. The van der Waals surface area contributed by atoms with Gasteiger partial charge in [-0.25, -0.2) is 9.50 Å². The van der Waals surface area contributed by atoms with Gasteiger partial charge in [-0.15, -0.1) is 0 Å². The van der Waals surface area contributed by atoms with Gasteiger partial charge in [0.2, 0.25) is 0 Å². The SMILES string of the molecule is CCOCc1cnn2c(-c3cccc(C(F)(F)F)c3)ccnc12. The van der Waals surface area contributed by atoms with Gasteiger partial charge in [0.25, 0.3) is 0 Å². The highest BCUT2D eigenvalue weighted by Crippen LogP contribution is 2.32. The molecule has 0 N–H and O–H groups in total. The highest BCUT2D eigenvalue weighted by Gasteiger charge is 2.30. The lowest BCUT2D eigenvalue weighted by atomic mass is 10.1. The van der Waals surface area contributed by atoms with E-state index in [1.807, 2.05) is 6.92 Å². The van der Waals surface area contributed by atoms with Gasteiger partial charge >= 0.3 is 6.18 Å². The second kappa shape index (κ2) is 6.00. The monoisotopic (exact) mass is 321 g/mol. The molecular formula is C16H14F3N3O. The predicted octanol–water partition coefficient (Wildman–Crippen LogP) is 3.95. The molecule has 0 spiro atoms. The molecule has 0 radical (unpaired) electrons. The Kier molecular flexibility index (Phi) is 4.04. The van der Waals surface area contributed by atoms with Crippen LogP contribution in [0.3, 0.4) is 0 Å². The van der Waals surface area contributed by atoms with Crippen molar-refractivity contribution in [1.82, 2.24) is 14.6 Å². The minimum atomic E-state index is -4.38. The summed E-state index contributed by atoms with van der Waals surface area (Å²) in [5.41, 5.74) is 1.65. The van der Waals surface area contributed by atoms with E-state index in [1.165, 1.54) is 10.6 Å². The lowest BCUT2D eigenvalue weighted by Crippen LogP contribution is -2.05. The van der Waals surface area contributed by atoms with E-state index >= 15 is 0 Å². The topological polar surface area (TPSA) is 39.4 Å². The molecular weight excluding hydrogens is 307 g/mol. The van der Waals surface area contributed by atoms with Crippen molar-refractivity contribution in [2.45, 2.75) is 19.7 Å².